The highest BCUT2D eigenvalue weighted by Gasteiger charge is 2.09. The third kappa shape index (κ3) is 2.31. The fraction of sp³-hybridized carbons (Fsp3) is 0.0667. The summed E-state index contributed by atoms with van der Waals surface area (Å²) < 4.78 is 5.86. The molecule has 2 N–H and O–H groups in total. The molecule has 0 spiro atoms. The van der Waals surface area contributed by atoms with Gasteiger partial charge in [-0.15, -0.1) is 5.10 Å². The van der Waals surface area contributed by atoms with Crippen LogP contribution in [0.2, 0.25) is 5.02 Å². The zero-order valence-corrected chi connectivity index (χ0v) is 11.3. The molecule has 4 nitrogen and oxygen atoms in total. The summed E-state index contributed by atoms with van der Waals surface area (Å²) in [6.07, 6.45) is 1.59. The van der Waals surface area contributed by atoms with Crippen molar-refractivity contribution in [2.45, 2.75) is 6.54 Å². The van der Waals surface area contributed by atoms with Crippen LogP contribution in [0.15, 0.2) is 48.7 Å². The Kier molecular flexibility index (Phi) is 3.50. The van der Waals surface area contributed by atoms with E-state index in [1.54, 1.807) is 18.3 Å². The standard InChI is InChI=1S/C15H12ClN3O/c16-13-5-6-14(12-4-2-1-3-11(12)13)20-15-10(9-17)7-8-18-19-15/h1-8H,9,17H2. The van der Waals surface area contributed by atoms with E-state index in [0.717, 1.165) is 16.3 Å². The summed E-state index contributed by atoms with van der Waals surface area (Å²) >= 11 is 6.19. The van der Waals surface area contributed by atoms with E-state index >= 15 is 0 Å². The average molecular weight is 286 g/mol. The Balaban J connectivity index is 2.09. The van der Waals surface area contributed by atoms with E-state index in [1.165, 1.54) is 0 Å². The molecule has 0 aliphatic heterocycles. The largest absolute Gasteiger partial charge is 0.437 e. The van der Waals surface area contributed by atoms with Crippen molar-refractivity contribution < 1.29 is 4.74 Å². The third-order valence-corrected chi connectivity index (χ3v) is 3.35. The normalized spacial score (nSPS) is 10.7. The van der Waals surface area contributed by atoms with Crippen LogP contribution in [-0.2, 0) is 6.54 Å². The first-order chi connectivity index (χ1) is 9.79. The quantitative estimate of drug-likeness (QED) is 0.799. The lowest BCUT2D eigenvalue weighted by Crippen LogP contribution is -2.02. The van der Waals surface area contributed by atoms with Crippen LogP contribution < -0.4 is 10.5 Å². The summed E-state index contributed by atoms with van der Waals surface area (Å²) in [7, 11) is 0. The lowest BCUT2D eigenvalue weighted by molar-refractivity contribution is 0.453. The number of halogens is 1. The van der Waals surface area contributed by atoms with E-state index in [1.807, 2.05) is 30.3 Å². The van der Waals surface area contributed by atoms with Gasteiger partial charge in [-0.25, -0.2) is 0 Å². The van der Waals surface area contributed by atoms with Gasteiger partial charge >= 0.3 is 0 Å². The van der Waals surface area contributed by atoms with Gasteiger partial charge in [0.2, 0.25) is 5.88 Å². The zero-order chi connectivity index (χ0) is 13.9. The number of benzene rings is 2. The van der Waals surface area contributed by atoms with Crippen molar-refractivity contribution in [3.05, 3.63) is 59.2 Å². The number of rotatable bonds is 3. The lowest BCUT2D eigenvalue weighted by atomic mass is 10.1. The Bertz CT molecular complexity index is 761. The van der Waals surface area contributed by atoms with Gasteiger partial charge in [0.1, 0.15) is 5.75 Å². The molecular formula is C15H12ClN3O. The van der Waals surface area contributed by atoms with Gasteiger partial charge in [0.25, 0.3) is 0 Å². The number of hydrogen-bond donors (Lipinski definition) is 1. The molecule has 0 aliphatic rings. The number of ether oxygens (including phenoxy) is 1. The van der Waals surface area contributed by atoms with Crippen molar-refractivity contribution in [1.29, 1.82) is 0 Å². The Hall–Kier alpha value is -2.17. The first-order valence-corrected chi connectivity index (χ1v) is 6.53. The van der Waals surface area contributed by atoms with E-state index < -0.39 is 0 Å². The second kappa shape index (κ2) is 5.45. The molecule has 1 heterocycles. The smallest absolute Gasteiger partial charge is 0.243 e. The highest BCUT2D eigenvalue weighted by molar-refractivity contribution is 6.35. The Morgan fingerprint density at radius 2 is 1.85 bits per heavy atom. The molecule has 0 radical (unpaired) electrons. The van der Waals surface area contributed by atoms with Gasteiger partial charge in [0.15, 0.2) is 0 Å². The minimum atomic E-state index is 0.344. The monoisotopic (exact) mass is 285 g/mol. The van der Waals surface area contributed by atoms with Crippen LogP contribution in [-0.4, -0.2) is 10.2 Å². The van der Waals surface area contributed by atoms with Crippen LogP contribution in [0.4, 0.5) is 0 Å². The summed E-state index contributed by atoms with van der Waals surface area (Å²) in [4.78, 5) is 0. The predicted octanol–water partition coefficient (Wildman–Crippen LogP) is 3.53. The fourth-order valence-corrected chi connectivity index (χ4v) is 2.24. The summed E-state index contributed by atoms with van der Waals surface area (Å²) in [6, 6.07) is 13.2. The molecule has 3 aromatic rings. The molecule has 2 aromatic carbocycles. The highest BCUT2D eigenvalue weighted by Crippen LogP contribution is 2.34. The van der Waals surface area contributed by atoms with Gasteiger partial charge in [-0.1, -0.05) is 35.9 Å². The predicted molar refractivity (Wildman–Crippen MR) is 79.0 cm³/mol. The maximum absolute atomic E-state index is 6.19. The molecule has 0 fully saturated rings. The first kappa shape index (κ1) is 12.8. The number of nitrogens with zero attached hydrogens (tertiary/aromatic N) is 2. The Morgan fingerprint density at radius 3 is 2.65 bits per heavy atom. The number of aromatic nitrogens is 2. The molecule has 5 heteroatoms. The van der Waals surface area contributed by atoms with Gasteiger partial charge in [0.05, 0.1) is 6.20 Å². The maximum atomic E-state index is 6.19. The molecule has 0 bridgehead atoms. The van der Waals surface area contributed by atoms with Crippen LogP contribution >= 0.6 is 11.6 Å². The summed E-state index contributed by atoms with van der Waals surface area (Å²) in [5, 5.41) is 10.4. The van der Waals surface area contributed by atoms with E-state index in [2.05, 4.69) is 10.2 Å². The number of nitrogens with two attached hydrogens (primary N) is 1. The van der Waals surface area contributed by atoms with Crippen molar-refractivity contribution in [2.75, 3.05) is 0 Å². The number of hydrogen-bond acceptors (Lipinski definition) is 4. The van der Waals surface area contributed by atoms with Crippen LogP contribution in [0, 0.1) is 0 Å². The molecule has 0 amide bonds. The molecule has 0 saturated heterocycles. The van der Waals surface area contributed by atoms with Gasteiger partial charge < -0.3 is 10.5 Å². The van der Waals surface area contributed by atoms with Gasteiger partial charge in [-0.2, -0.15) is 5.10 Å². The second-order valence-electron chi connectivity index (χ2n) is 4.26. The Morgan fingerprint density at radius 1 is 1.05 bits per heavy atom. The van der Waals surface area contributed by atoms with Crippen LogP contribution in [0.3, 0.4) is 0 Å². The molecule has 0 saturated carbocycles. The molecule has 3 rings (SSSR count). The van der Waals surface area contributed by atoms with E-state index in [9.17, 15) is 0 Å². The summed E-state index contributed by atoms with van der Waals surface area (Å²) in [5.41, 5.74) is 6.48. The van der Waals surface area contributed by atoms with Gasteiger partial charge in [-0.05, 0) is 18.2 Å². The van der Waals surface area contributed by atoms with Crippen molar-refractivity contribution in [3.8, 4) is 11.6 Å². The SMILES string of the molecule is NCc1ccnnc1Oc1ccc(Cl)c2ccccc12. The molecule has 0 aliphatic carbocycles. The van der Waals surface area contributed by atoms with E-state index in [0.29, 0.717) is 23.2 Å². The third-order valence-electron chi connectivity index (χ3n) is 3.02. The molecule has 1 aromatic heterocycles. The minimum absolute atomic E-state index is 0.344. The minimum Gasteiger partial charge on any atom is -0.437 e. The topological polar surface area (TPSA) is 61.0 Å². The van der Waals surface area contributed by atoms with Crippen molar-refractivity contribution >= 4 is 22.4 Å². The van der Waals surface area contributed by atoms with Crippen molar-refractivity contribution in [3.63, 3.8) is 0 Å². The Labute approximate surface area is 121 Å². The summed E-state index contributed by atoms with van der Waals surface area (Å²) in [6.45, 7) is 0.344. The van der Waals surface area contributed by atoms with Gasteiger partial charge in [-0.3, -0.25) is 0 Å². The zero-order valence-electron chi connectivity index (χ0n) is 10.6. The van der Waals surface area contributed by atoms with Crippen LogP contribution in [0.25, 0.3) is 10.8 Å². The average Bonchev–Trinajstić information content (AvgIpc) is 2.51. The maximum Gasteiger partial charge on any atom is 0.243 e. The van der Waals surface area contributed by atoms with Crippen LogP contribution in [0.1, 0.15) is 5.56 Å². The molecule has 0 atom stereocenters. The lowest BCUT2D eigenvalue weighted by Gasteiger charge is -2.10. The highest BCUT2D eigenvalue weighted by atomic mass is 35.5. The van der Waals surface area contributed by atoms with E-state index in [-0.39, 0.29) is 0 Å². The summed E-state index contributed by atoms with van der Waals surface area (Å²) in [5.74, 6) is 1.10. The second-order valence-corrected chi connectivity index (χ2v) is 4.67. The van der Waals surface area contributed by atoms with Crippen molar-refractivity contribution in [2.24, 2.45) is 5.73 Å². The van der Waals surface area contributed by atoms with E-state index in [4.69, 9.17) is 22.1 Å². The molecular weight excluding hydrogens is 274 g/mol. The first-order valence-electron chi connectivity index (χ1n) is 6.15. The molecule has 100 valence electrons. The van der Waals surface area contributed by atoms with Gasteiger partial charge in [0, 0.05) is 27.9 Å². The molecule has 0 unspecified atom stereocenters. The molecule has 20 heavy (non-hydrogen) atoms. The van der Waals surface area contributed by atoms with Crippen LogP contribution in [0.5, 0.6) is 11.6 Å². The number of fused-ring (bicyclic) bond motifs is 1. The fourth-order valence-electron chi connectivity index (χ4n) is 2.01. The van der Waals surface area contributed by atoms with Crippen molar-refractivity contribution in [1.82, 2.24) is 10.2 Å².